The second kappa shape index (κ2) is 7.79. The lowest BCUT2D eigenvalue weighted by Crippen LogP contribution is -2.47. The van der Waals surface area contributed by atoms with Crippen LogP contribution >= 0.6 is 0 Å². The van der Waals surface area contributed by atoms with E-state index >= 15 is 0 Å². The molecule has 4 heterocycles. The van der Waals surface area contributed by atoms with Crippen LogP contribution in [0.5, 0.6) is 0 Å². The van der Waals surface area contributed by atoms with Crippen molar-refractivity contribution in [2.75, 3.05) is 25.1 Å². The molecule has 2 aromatic rings. The van der Waals surface area contributed by atoms with E-state index in [2.05, 4.69) is 20.3 Å². The maximum absolute atomic E-state index is 9.00. The summed E-state index contributed by atoms with van der Waals surface area (Å²) in [6.45, 7) is 3.50. The number of H-pyrrole nitrogens is 1. The first kappa shape index (κ1) is 17.6. The van der Waals surface area contributed by atoms with Crippen LogP contribution in [0.1, 0.15) is 32.6 Å². The number of hydrogen-bond donors (Lipinski definition) is 3. The van der Waals surface area contributed by atoms with Gasteiger partial charge in [-0.1, -0.05) is 0 Å². The van der Waals surface area contributed by atoms with Crippen molar-refractivity contribution in [1.29, 1.82) is 0 Å². The number of aromatic nitrogens is 3. The van der Waals surface area contributed by atoms with Gasteiger partial charge >= 0.3 is 0 Å². The fourth-order valence-electron chi connectivity index (χ4n) is 3.42. The standard InChI is InChI=1S/C15H20N4O2.C2H4O2/c1-5-16-13-12(1)17-10-18-14(13)19-11-2-6-21-15(9-11)3-7-20-8-4-15;1-2(3)4/h1,5,10-11,16H,2-4,6-9H2,(H,17,18,19);1H3,(H,3,4). The number of fused-ring (bicyclic) bond motifs is 1. The zero-order valence-corrected chi connectivity index (χ0v) is 14.3. The molecule has 8 nitrogen and oxygen atoms in total. The molecule has 136 valence electrons. The van der Waals surface area contributed by atoms with Crippen molar-refractivity contribution in [3.05, 3.63) is 18.6 Å². The molecule has 0 radical (unpaired) electrons. The van der Waals surface area contributed by atoms with Gasteiger partial charge in [-0.2, -0.15) is 0 Å². The Hall–Kier alpha value is -2.19. The summed E-state index contributed by atoms with van der Waals surface area (Å²) in [5.74, 6) is 0.0547. The molecular formula is C17H24N4O4. The van der Waals surface area contributed by atoms with E-state index < -0.39 is 5.97 Å². The molecule has 2 fully saturated rings. The van der Waals surface area contributed by atoms with Gasteiger partial charge in [-0.3, -0.25) is 4.79 Å². The largest absolute Gasteiger partial charge is 0.481 e. The summed E-state index contributed by atoms with van der Waals surface area (Å²) in [6.07, 6.45) is 7.52. The minimum Gasteiger partial charge on any atom is -0.481 e. The Morgan fingerprint density at radius 1 is 1.36 bits per heavy atom. The lowest BCUT2D eigenvalue weighted by molar-refractivity contribution is -0.136. The van der Waals surface area contributed by atoms with E-state index in [0.717, 1.165) is 69.3 Å². The molecule has 0 aromatic carbocycles. The average Bonchev–Trinajstić information content (AvgIpc) is 3.05. The molecule has 8 heteroatoms. The number of aliphatic carboxylic acids is 1. The molecule has 3 N–H and O–H groups in total. The third-order valence-corrected chi connectivity index (χ3v) is 4.58. The van der Waals surface area contributed by atoms with Gasteiger partial charge in [0.25, 0.3) is 5.97 Å². The molecule has 1 atom stereocenters. The van der Waals surface area contributed by atoms with Crippen molar-refractivity contribution in [1.82, 2.24) is 15.0 Å². The van der Waals surface area contributed by atoms with E-state index in [9.17, 15) is 0 Å². The Labute approximate surface area is 146 Å². The second-order valence-corrected chi connectivity index (χ2v) is 6.46. The van der Waals surface area contributed by atoms with E-state index in [1.54, 1.807) is 6.33 Å². The van der Waals surface area contributed by atoms with E-state index in [-0.39, 0.29) is 5.60 Å². The highest BCUT2D eigenvalue weighted by Crippen LogP contribution is 2.35. The van der Waals surface area contributed by atoms with Crippen LogP contribution in [-0.2, 0) is 14.3 Å². The SMILES string of the molecule is CC(=O)O.c1nc(NC2CCOC3(CCOCC3)C2)c2[nH]ccc2n1. The van der Waals surface area contributed by atoms with Gasteiger partial charge in [-0.15, -0.1) is 0 Å². The molecule has 25 heavy (non-hydrogen) atoms. The zero-order valence-electron chi connectivity index (χ0n) is 14.3. The molecule has 0 aliphatic carbocycles. The van der Waals surface area contributed by atoms with Crippen molar-refractivity contribution < 1.29 is 19.4 Å². The smallest absolute Gasteiger partial charge is 0.300 e. The van der Waals surface area contributed by atoms with Crippen LogP contribution in [0.2, 0.25) is 0 Å². The van der Waals surface area contributed by atoms with Gasteiger partial charge in [0.2, 0.25) is 0 Å². The molecule has 2 aliphatic heterocycles. The first-order chi connectivity index (χ1) is 12.1. The van der Waals surface area contributed by atoms with Crippen LogP contribution in [0, 0.1) is 0 Å². The molecule has 2 saturated heterocycles. The second-order valence-electron chi connectivity index (χ2n) is 6.46. The van der Waals surface area contributed by atoms with Gasteiger partial charge in [0.05, 0.1) is 11.1 Å². The Morgan fingerprint density at radius 2 is 2.12 bits per heavy atom. The number of nitrogens with one attached hydrogen (secondary N) is 2. The van der Waals surface area contributed by atoms with Gasteiger partial charge in [0.1, 0.15) is 11.8 Å². The summed E-state index contributed by atoms with van der Waals surface area (Å²) in [5.41, 5.74) is 1.92. The molecule has 0 amide bonds. The van der Waals surface area contributed by atoms with Crippen LogP contribution in [0.15, 0.2) is 18.6 Å². The van der Waals surface area contributed by atoms with Crippen LogP contribution in [0.25, 0.3) is 11.0 Å². The Balaban J connectivity index is 0.000000415. The summed E-state index contributed by atoms with van der Waals surface area (Å²) in [4.78, 5) is 20.9. The predicted octanol–water partition coefficient (Wildman–Crippen LogP) is 2.19. The quantitative estimate of drug-likeness (QED) is 0.763. The number of ether oxygens (including phenoxy) is 2. The monoisotopic (exact) mass is 348 g/mol. The number of carboxylic acid groups (broad SMARTS) is 1. The third kappa shape index (κ3) is 4.46. The predicted molar refractivity (Wildman–Crippen MR) is 92.6 cm³/mol. The number of rotatable bonds is 2. The van der Waals surface area contributed by atoms with Crippen molar-refractivity contribution >= 4 is 22.8 Å². The summed E-state index contributed by atoms with van der Waals surface area (Å²) in [6, 6.07) is 2.35. The van der Waals surface area contributed by atoms with Crippen LogP contribution in [0.3, 0.4) is 0 Å². The first-order valence-electron chi connectivity index (χ1n) is 8.54. The highest BCUT2D eigenvalue weighted by Gasteiger charge is 2.39. The molecule has 1 unspecified atom stereocenters. The average molecular weight is 348 g/mol. The molecule has 2 aliphatic rings. The molecule has 4 rings (SSSR count). The zero-order chi connectivity index (χ0) is 17.7. The van der Waals surface area contributed by atoms with E-state index in [1.165, 1.54) is 0 Å². The first-order valence-corrected chi connectivity index (χ1v) is 8.54. The highest BCUT2D eigenvalue weighted by molar-refractivity contribution is 5.85. The van der Waals surface area contributed by atoms with Crippen molar-refractivity contribution in [3.63, 3.8) is 0 Å². The van der Waals surface area contributed by atoms with Gasteiger partial charge < -0.3 is 24.9 Å². The van der Waals surface area contributed by atoms with Crippen molar-refractivity contribution in [2.45, 2.75) is 44.2 Å². The van der Waals surface area contributed by atoms with Gasteiger partial charge in [0, 0.05) is 39.0 Å². The van der Waals surface area contributed by atoms with Crippen LogP contribution in [-0.4, -0.2) is 57.5 Å². The summed E-state index contributed by atoms with van der Waals surface area (Å²) < 4.78 is 11.6. The van der Waals surface area contributed by atoms with E-state index in [1.807, 2.05) is 12.3 Å². The fourth-order valence-corrected chi connectivity index (χ4v) is 3.42. The number of hydrogen-bond acceptors (Lipinski definition) is 6. The lowest BCUT2D eigenvalue weighted by Gasteiger charge is -2.43. The molecule has 1 spiro atoms. The van der Waals surface area contributed by atoms with Crippen LogP contribution < -0.4 is 5.32 Å². The third-order valence-electron chi connectivity index (χ3n) is 4.58. The maximum Gasteiger partial charge on any atom is 0.300 e. The summed E-state index contributed by atoms with van der Waals surface area (Å²) in [7, 11) is 0. The number of anilines is 1. The van der Waals surface area contributed by atoms with Gasteiger partial charge in [-0.25, -0.2) is 9.97 Å². The summed E-state index contributed by atoms with van der Waals surface area (Å²) >= 11 is 0. The van der Waals surface area contributed by atoms with Crippen molar-refractivity contribution in [3.8, 4) is 0 Å². The van der Waals surface area contributed by atoms with E-state index in [4.69, 9.17) is 19.4 Å². The van der Waals surface area contributed by atoms with Crippen LogP contribution in [0.4, 0.5) is 5.82 Å². The Morgan fingerprint density at radius 3 is 2.88 bits per heavy atom. The summed E-state index contributed by atoms with van der Waals surface area (Å²) in [5, 5.41) is 11.0. The molecule has 0 saturated carbocycles. The van der Waals surface area contributed by atoms with Crippen molar-refractivity contribution in [2.24, 2.45) is 0 Å². The maximum atomic E-state index is 9.00. The Bertz CT molecular complexity index is 702. The number of aromatic amines is 1. The lowest BCUT2D eigenvalue weighted by atomic mass is 9.84. The minimum absolute atomic E-state index is 0.00392. The molecular weight excluding hydrogens is 324 g/mol. The highest BCUT2D eigenvalue weighted by atomic mass is 16.5. The van der Waals surface area contributed by atoms with Gasteiger partial charge in [-0.05, 0) is 31.7 Å². The minimum atomic E-state index is -0.833. The number of nitrogens with zero attached hydrogens (tertiary/aromatic N) is 2. The van der Waals surface area contributed by atoms with Gasteiger partial charge in [0.15, 0.2) is 5.82 Å². The Kier molecular flexibility index (Phi) is 5.50. The molecule has 2 aromatic heterocycles. The fraction of sp³-hybridized carbons (Fsp3) is 0.588. The molecule has 0 bridgehead atoms. The number of carbonyl (C=O) groups is 1. The number of carboxylic acids is 1. The topological polar surface area (TPSA) is 109 Å². The normalized spacial score (nSPS) is 22.2. The van der Waals surface area contributed by atoms with E-state index in [0.29, 0.717) is 6.04 Å².